The lowest BCUT2D eigenvalue weighted by molar-refractivity contribution is -0.119. The van der Waals surface area contributed by atoms with Crippen LogP contribution in [0.15, 0.2) is 18.2 Å². The predicted octanol–water partition coefficient (Wildman–Crippen LogP) is 2.07. The van der Waals surface area contributed by atoms with Gasteiger partial charge in [0.2, 0.25) is 5.91 Å². The second-order valence-corrected chi connectivity index (χ2v) is 7.46. The van der Waals surface area contributed by atoms with E-state index in [0.29, 0.717) is 12.5 Å². The molecular weight excluding hydrogens is 300 g/mol. The summed E-state index contributed by atoms with van der Waals surface area (Å²) >= 11 is 0. The van der Waals surface area contributed by atoms with Gasteiger partial charge in [0, 0.05) is 43.5 Å². The molecule has 130 valence electrons. The summed E-state index contributed by atoms with van der Waals surface area (Å²) in [5.41, 5.74) is 9.07. The summed E-state index contributed by atoms with van der Waals surface area (Å²) in [6, 6.07) is 6.52. The summed E-state index contributed by atoms with van der Waals surface area (Å²) in [4.78, 5) is 20.0. The summed E-state index contributed by atoms with van der Waals surface area (Å²) in [5, 5.41) is 0. The van der Waals surface area contributed by atoms with Crippen molar-refractivity contribution in [1.82, 2.24) is 9.80 Å². The molecule has 1 atom stereocenters. The number of nitrogens with two attached hydrogens (primary N) is 1. The largest absolute Gasteiger partial charge is 0.399 e. The monoisotopic (exact) mass is 328 g/mol. The fourth-order valence-corrected chi connectivity index (χ4v) is 4.46. The van der Waals surface area contributed by atoms with Gasteiger partial charge in [-0.2, -0.15) is 0 Å². The van der Waals surface area contributed by atoms with Crippen molar-refractivity contribution in [2.75, 3.05) is 43.4 Å². The Bertz CT molecular complexity index is 611. The van der Waals surface area contributed by atoms with Gasteiger partial charge in [-0.15, -0.1) is 0 Å². The molecule has 5 nitrogen and oxygen atoms in total. The Balaban J connectivity index is 1.54. The Hall–Kier alpha value is -1.59. The molecule has 0 saturated carbocycles. The summed E-state index contributed by atoms with van der Waals surface area (Å²) in [6.45, 7) is 6.08. The molecule has 0 aromatic heterocycles. The summed E-state index contributed by atoms with van der Waals surface area (Å²) in [5.74, 6) is 0.265. The van der Waals surface area contributed by atoms with Crippen LogP contribution in [0.5, 0.6) is 0 Å². The summed E-state index contributed by atoms with van der Waals surface area (Å²) in [7, 11) is 0. The smallest absolute Gasteiger partial charge is 0.228 e. The Morgan fingerprint density at radius 3 is 2.83 bits per heavy atom. The van der Waals surface area contributed by atoms with Crippen LogP contribution in [0.25, 0.3) is 0 Å². The number of anilines is 2. The van der Waals surface area contributed by atoms with E-state index in [4.69, 9.17) is 5.73 Å². The Morgan fingerprint density at radius 2 is 2.00 bits per heavy atom. The van der Waals surface area contributed by atoms with Crippen molar-refractivity contribution in [1.29, 1.82) is 0 Å². The number of fused-ring (bicyclic) bond motifs is 2. The van der Waals surface area contributed by atoms with Gasteiger partial charge in [-0.3, -0.25) is 9.69 Å². The highest BCUT2D eigenvalue weighted by molar-refractivity contribution is 5.94. The number of hydrogen-bond donors (Lipinski definition) is 1. The number of carbonyl (C=O) groups excluding carboxylic acids is 1. The SMILES string of the molecule is Nc1ccc2c(c1)CN1CCCC1CN2C(=O)CCN1CCCC1. The van der Waals surface area contributed by atoms with Gasteiger partial charge >= 0.3 is 0 Å². The van der Waals surface area contributed by atoms with E-state index in [1.165, 1.54) is 31.2 Å². The zero-order chi connectivity index (χ0) is 16.5. The van der Waals surface area contributed by atoms with Gasteiger partial charge < -0.3 is 15.5 Å². The van der Waals surface area contributed by atoms with Crippen molar-refractivity contribution in [3.05, 3.63) is 23.8 Å². The normalized spacial score (nSPS) is 24.7. The average Bonchev–Trinajstić information content (AvgIpc) is 3.21. The van der Waals surface area contributed by atoms with Crippen molar-refractivity contribution < 1.29 is 4.79 Å². The van der Waals surface area contributed by atoms with Crippen molar-refractivity contribution >= 4 is 17.3 Å². The minimum absolute atomic E-state index is 0.265. The lowest BCUT2D eigenvalue weighted by atomic mass is 10.1. The van der Waals surface area contributed by atoms with E-state index in [-0.39, 0.29) is 5.91 Å². The molecule has 1 amide bonds. The first-order chi connectivity index (χ1) is 11.7. The van der Waals surface area contributed by atoms with Crippen LogP contribution in [0.4, 0.5) is 11.4 Å². The van der Waals surface area contributed by atoms with Gasteiger partial charge in [-0.1, -0.05) is 0 Å². The minimum atomic E-state index is 0.265. The van der Waals surface area contributed by atoms with Crippen LogP contribution >= 0.6 is 0 Å². The van der Waals surface area contributed by atoms with Crippen molar-refractivity contribution in [2.45, 2.75) is 44.7 Å². The van der Waals surface area contributed by atoms with Gasteiger partial charge in [0.1, 0.15) is 0 Å². The maximum absolute atomic E-state index is 13.0. The van der Waals surface area contributed by atoms with E-state index >= 15 is 0 Å². The molecular formula is C19H28N4O. The van der Waals surface area contributed by atoms with Gasteiger partial charge in [0.05, 0.1) is 0 Å². The molecule has 1 aromatic rings. The fraction of sp³-hybridized carbons (Fsp3) is 0.632. The van der Waals surface area contributed by atoms with Crippen LogP contribution in [-0.2, 0) is 11.3 Å². The molecule has 2 saturated heterocycles. The van der Waals surface area contributed by atoms with Crippen LogP contribution in [0.1, 0.15) is 37.7 Å². The molecule has 0 bridgehead atoms. The molecule has 1 aromatic carbocycles. The zero-order valence-electron chi connectivity index (χ0n) is 14.4. The van der Waals surface area contributed by atoms with E-state index in [1.54, 1.807) is 0 Å². The maximum atomic E-state index is 13.0. The molecule has 2 fully saturated rings. The first-order valence-corrected chi connectivity index (χ1v) is 9.36. The quantitative estimate of drug-likeness (QED) is 0.863. The van der Waals surface area contributed by atoms with E-state index in [0.717, 1.165) is 50.6 Å². The highest BCUT2D eigenvalue weighted by atomic mass is 16.2. The number of hydrogen-bond acceptors (Lipinski definition) is 4. The van der Waals surface area contributed by atoms with Gasteiger partial charge in [0.25, 0.3) is 0 Å². The number of nitrogen functional groups attached to an aromatic ring is 1. The average molecular weight is 328 g/mol. The molecule has 1 unspecified atom stereocenters. The van der Waals surface area contributed by atoms with Crippen LogP contribution in [-0.4, -0.2) is 54.5 Å². The van der Waals surface area contributed by atoms with Crippen molar-refractivity contribution in [3.63, 3.8) is 0 Å². The second kappa shape index (κ2) is 6.73. The van der Waals surface area contributed by atoms with Crippen LogP contribution in [0.2, 0.25) is 0 Å². The number of benzene rings is 1. The lowest BCUT2D eigenvalue weighted by Gasteiger charge is -2.27. The van der Waals surface area contributed by atoms with Gasteiger partial charge in [-0.05, 0) is 69.1 Å². The van der Waals surface area contributed by atoms with E-state index in [9.17, 15) is 4.79 Å². The molecule has 2 N–H and O–H groups in total. The number of nitrogens with zero attached hydrogens (tertiary/aromatic N) is 3. The Morgan fingerprint density at radius 1 is 1.17 bits per heavy atom. The first kappa shape index (κ1) is 15.9. The van der Waals surface area contributed by atoms with Crippen LogP contribution in [0, 0.1) is 0 Å². The van der Waals surface area contributed by atoms with Gasteiger partial charge in [0.15, 0.2) is 0 Å². The number of amides is 1. The molecule has 3 aliphatic heterocycles. The standard InChI is InChI=1S/C19H28N4O/c20-16-5-6-18-15(12-16)13-22-10-3-4-17(22)14-23(18)19(24)7-11-21-8-1-2-9-21/h5-6,12,17H,1-4,7-11,13-14,20H2. The third kappa shape index (κ3) is 3.15. The number of likely N-dealkylation sites (tertiary alicyclic amines) is 1. The predicted molar refractivity (Wildman–Crippen MR) is 96.9 cm³/mol. The highest BCUT2D eigenvalue weighted by Gasteiger charge is 2.33. The maximum Gasteiger partial charge on any atom is 0.228 e. The highest BCUT2D eigenvalue weighted by Crippen LogP contribution is 2.33. The summed E-state index contributed by atoms with van der Waals surface area (Å²) < 4.78 is 0. The van der Waals surface area contributed by atoms with Crippen LogP contribution in [0.3, 0.4) is 0 Å². The van der Waals surface area contributed by atoms with E-state index in [2.05, 4.69) is 15.9 Å². The third-order valence-electron chi connectivity index (χ3n) is 5.80. The molecule has 0 radical (unpaired) electrons. The minimum Gasteiger partial charge on any atom is -0.399 e. The zero-order valence-corrected chi connectivity index (χ0v) is 14.4. The molecule has 24 heavy (non-hydrogen) atoms. The Kier molecular flexibility index (Phi) is 4.46. The fourth-order valence-electron chi connectivity index (χ4n) is 4.46. The molecule has 0 spiro atoms. The molecule has 4 rings (SSSR count). The van der Waals surface area contributed by atoms with Crippen LogP contribution < -0.4 is 10.6 Å². The third-order valence-corrected chi connectivity index (χ3v) is 5.80. The van der Waals surface area contributed by atoms with Crippen molar-refractivity contribution in [2.24, 2.45) is 0 Å². The lowest BCUT2D eigenvalue weighted by Crippen LogP contribution is -2.41. The Labute approximate surface area is 144 Å². The van der Waals surface area contributed by atoms with Gasteiger partial charge in [-0.25, -0.2) is 0 Å². The topological polar surface area (TPSA) is 52.8 Å². The first-order valence-electron chi connectivity index (χ1n) is 9.36. The van der Waals surface area contributed by atoms with E-state index < -0.39 is 0 Å². The van der Waals surface area contributed by atoms with Crippen molar-refractivity contribution in [3.8, 4) is 0 Å². The number of rotatable bonds is 3. The molecule has 3 heterocycles. The second-order valence-electron chi connectivity index (χ2n) is 7.46. The molecule has 3 aliphatic rings. The van der Waals surface area contributed by atoms with E-state index in [1.807, 2.05) is 17.0 Å². The summed E-state index contributed by atoms with van der Waals surface area (Å²) in [6.07, 6.45) is 5.60. The number of carbonyl (C=O) groups is 1. The molecule has 5 heteroatoms. The molecule has 0 aliphatic carbocycles.